The molecule has 0 atom stereocenters. The van der Waals surface area contributed by atoms with Gasteiger partial charge in [0, 0.05) is 48.9 Å². The second-order valence-electron chi connectivity index (χ2n) is 12.0. The fraction of sp³-hybridized carbons (Fsp3) is 0.355. The lowest BCUT2D eigenvalue weighted by Gasteiger charge is -2.40. The van der Waals surface area contributed by atoms with Gasteiger partial charge in [0.2, 0.25) is 5.95 Å². The highest BCUT2D eigenvalue weighted by atomic mass is 19.4. The van der Waals surface area contributed by atoms with Crippen molar-refractivity contribution in [1.29, 1.82) is 0 Å². The average molecular weight is 621 g/mol. The number of carbonyl (C=O) groups excluding carboxylic acids is 2. The summed E-state index contributed by atoms with van der Waals surface area (Å²) in [6.07, 6.45) is -0.315. The van der Waals surface area contributed by atoms with Crippen molar-refractivity contribution in [2.45, 2.75) is 45.5 Å². The molecular weight excluding hydrogens is 589 g/mol. The van der Waals surface area contributed by atoms with Crippen molar-refractivity contribution in [3.05, 3.63) is 70.7 Å². The number of fused-ring (bicyclic) bond motifs is 3. The summed E-state index contributed by atoms with van der Waals surface area (Å²) in [6, 6.07) is 6.80. The molecule has 0 saturated carbocycles. The zero-order valence-electron chi connectivity index (χ0n) is 25.1. The molecule has 3 aromatic rings. The fourth-order valence-electron chi connectivity index (χ4n) is 5.22. The first-order valence-corrected chi connectivity index (χ1v) is 14.4. The minimum Gasteiger partial charge on any atom is -0.444 e. The van der Waals surface area contributed by atoms with Crippen LogP contribution in [0.2, 0.25) is 0 Å². The Morgan fingerprint density at radius 2 is 1.84 bits per heavy atom. The normalized spacial score (nSPS) is 16.2. The number of hydrogen-bond acceptors (Lipinski definition) is 9. The summed E-state index contributed by atoms with van der Waals surface area (Å²) < 4.78 is 44.9. The van der Waals surface area contributed by atoms with Crippen molar-refractivity contribution < 1.29 is 27.5 Å². The van der Waals surface area contributed by atoms with Gasteiger partial charge in [-0.3, -0.25) is 14.8 Å². The third kappa shape index (κ3) is 6.30. The smallest absolute Gasteiger partial charge is 0.416 e. The summed E-state index contributed by atoms with van der Waals surface area (Å²) in [6.45, 7) is 9.54. The molecule has 5 heterocycles. The highest BCUT2D eigenvalue weighted by Crippen LogP contribution is 2.37. The van der Waals surface area contributed by atoms with Gasteiger partial charge in [-0.15, -0.1) is 0 Å². The number of ether oxygens (including phenoxy) is 1. The van der Waals surface area contributed by atoms with E-state index in [9.17, 15) is 22.8 Å². The highest BCUT2D eigenvalue weighted by Gasteiger charge is 2.36. The number of amidine groups is 1. The van der Waals surface area contributed by atoms with Crippen LogP contribution in [-0.2, 0) is 10.9 Å². The second kappa shape index (κ2) is 11.2. The van der Waals surface area contributed by atoms with E-state index in [1.165, 1.54) is 0 Å². The molecular formula is C31H31F3N8O3. The van der Waals surface area contributed by atoms with Crippen molar-refractivity contribution >= 4 is 46.9 Å². The highest BCUT2D eigenvalue weighted by molar-refractivity contribution is 6.36. The largest absolute Gasteiger partial charge is 0.444 e. The molecule has 0 radical (unpaired) electrons. The van der Waals surface area contributed by atoms with Crippen molar-refractivity contribution in [3.63, 3.8) is 0 Å². The number of pyridine rings is 1. The number of hydrogen-bond donors (Lipinski definition) is 2. The number of benzene rings is 1. The van der Waals surface area contributed by atoms with Crippen LogP contribution in [0.4, 0.5) is 35.4 Å². The SMILES string of the molecule is Cc1ccc(NC(=O)c2cc(C(F)(F)F)ccn2)cc1C1=Cc2cnc(NC3CN(C(=O)OC(C)(C)C)C3)nc2N2CCN=C12. The van der Waals surface area contributed by atoms with Crippen LogP contribution in [0, 0.1) is 6.92 Å². The number of likely N-dealkylation sites (tertiary alicyclic amines) is 1. The summed E-state index contributed by atoms with van der Waals surface area (Å²) >= 11 is 0. The van der Waals surface area contributed by atoms with Gasteiger partial charge >= 0.3 is 12.3 Å². The molecule has 2 aromatic heterocycles. The van der Waals surface area contributed by atoms with Crippen LogP contribution in [0.25, 0.3) is 11.6 Å². The molecule has 45 heavy (non-hydrogen) atoms. The topological polar surface area (TPSA) is 125 Å². The van der Waals surface area contributed by atoms with Gasteiger partial charge < -0.3 is 25.2 Å². The lowest BCUT2D eigenvalue weighted by atomic mass is 9.94. The maximum atomic E-state index is 13.1. The summed E-state index contributed by atoms with van der Waals surface area (Å²) in [5, 5.41) is 5.96. The van der Waals surface area contributed by atoms with E-state index < -0.39 is 23.2 Å². The summed E-state index contributed by atoms with van der Waals surface area (Å²) in [5.41, 5.74) is 1.83. The van der Waals surface area contributed by atoms with Gasteiger partial charge in [0.15, 0.2) is 0 Å². The quantitative estimate of drug-likeness (QED) is 0.396. The van der Waals surface area contributed by atoms with Crippen LogP contribution in [0.1, 0.15) is 53.5 Å². The number of aryl methyl sites for hydroxylation is 1. The van der Waals surface area contributed by atoms with Crippen LogP contribution in [-0.4, -0.2) is 75.5 Å². The molecule has 0 aliphatic carbocycles. The molecule has 11 nitrogen and oxygen atoms in total. The third-order valence-electron chi connectivity index (χ3n) is 7.41. The lowest BCUT2D eigenvalue weighted by molar-refractivity contribution is -0.137. The van der Waals surface area contributed by atoms with Gasteiger partial charge in [0.05, 0.1) is 18.2 Å². The molecule has 1 fully saturated rings. The maximum Gasteiger partial charge on any atom is 0.416 e. The molecule has 14 heteroatoms. The molecule has 3 aliphatic rings. The van der Waals surface area contributed by atoms with Crippen LogP contribution < -0.4 is 15.5 Å². The zero-order valence-corrected chi connectivity index (χ0v) is 25.1. The Balaban J connectivity index is 1.20. The molecule has 234 valence electrons. The van der Waals surface area contributed by atoms with Crippen molar-refractivity contribution in [2.75, 3.05) is 41.7 Å². The van der Waals surface area contributed by atoms with Gasteiger partial charge in [-0.25, -0.2) is 9.78 Å². The maximum absolute atomic E-state index is 13.1. The van der Waals surface area contributed by atoms with E-state index in [0.29, 0.717) is 43.6 Å². The second-order valence-corrected chi connectivity index (χ2v) is 12.0. The van der Waals surface area contributed by atoms with Crippen molar-refractivity contribution in [2.24, 2.45) is 4.99 Å². The number of amides is 2. The van der Waals surface area contributed by atoms with Crippen LogP contribution in [0.5, 0.6) is 0 Å². The number of halogens is 3. The Bertz CT molecular complexity index is 1740. The van der Waals surface area contributed by atoms with Crippen LogP contribution in [0.15, 0.2) is 47.7 Å². The van der Waals surface area contributed by atoms with Gasteiger partial charge in [-0.1, -0.05) is 6.07 Å². The van der Waals surface area contributed by atoms with Crippen LogP contribution >= 0.6 is 0 Å². The Morgan fingerprint density at radius 1 is 1.07 bits per heavy atom. The first-order chi connectivity index (χ1) is 21.2. The molecule has 1 aromatic carbocycles. The van der Waals surface area contributed by atoms with E-state index in [-0.39, 0.29) is 17.8 Å². The molecule has 0 bridgehead atoms. The third-order valence-corrected chi connectivity index (χ3v) is 7.41. The van der Waals surface area contributed by atoms with E-state index >= 15 is 0 Å². The molecule has 0 unspecified atom stereocenters. The number of nitrogens with zero attached hydrogens (tertiary/aromatic N) is 6. The Hall–Kier alpha value is -5.01. The zero-order chi connectivity index (χ0) is 32.1. The minimum atomic E-state index is -4.59. The monoisotopic (exact) mass is 620 g/mol. The van der Waals surface area contributed by atoms with E-state index in [1.54, 1.807) is 23.2 Å². The van der Waals surface area contributed by atoms with E-state index in [4.69, 9.17) is 14.7 Å². The molecule has 1 saturated heterocycles. The number of aliphatic imine (C=N–C) groups is 1. The summed E-state index contributed by atoms with van der Waals surface area (Å²) in [5.74, 6) is 1.11. The standard InChI is InChI=1S/C31H31F3N8O3/c1-17-5-6-20(38-27(43)24-12-19(7-8-35-24)31(32,33)34)13-22(17)23-11-18-14-37-28(40-25(18)42-10-9-36-26(23)42)39-21-15-41(16-21)29(44)45-30(2,3)4/h5-8,11-14,21H,9-10,15-16H2,1-4H3,(H,38,43)(H,37,39,40). The first-order valence-electron chi connectivity index (χ1n) is 14.4. The van der Waals surface area contributed by atoms with Gasteiger partial charge in [-0.2, -0.15) is 18.2 Å². The Kier molecular flexibility index (Phi) is 7.45. The summed E-state index contributed by atoms with van der Waals surface area (Å²) in [4.78, 5) is 46.6. The predicted octanol–water partition coefficient (Wildman–Crippen LogP) is 5.26. The minimum absolute atomic E-state index is 0.0104. The van der Waals surface area contributed by atoms with E-state index in [0.717, 1.165) is 46.4 Å². The van der Waals surface area contributed by atoms with Gasteiger partial charge in [0.25, 0.3) is 5.91 Å². The fourth-order valence-corrected chi connectivity index (χ4v) is 5.22. The van der Waals surface area contributed by atoms with E-state index in [2.05, 4.69) is 20.6 Å². The number of alkyl halides is 3. The van der Waals surface area contributed by atoms with E-state index in [1.807, 2.05) is 44.7 Å². The lowest BCUT2D eigenvalue weighted by Crippen LogP contribution is -2.58. The van der Waals surface area contributed by atoms with Crippen LogP contribution in [0.3, 0.4) is 0 Å². The molecule has 2 amide bonds. The molecule has 3 aliphatic heterocycles. The predicted molar refractivity (Wildman–Crippen MR) is 163 cm³/mol. The number of nitrogens with one attached hydrogen (secondary N) is 2. The first kappa shape index (κ1) is 30.0. The number of carbonyl (C=O) groups is 2. The number of rotatable bonds is 5. The average Bonchev–Trinajstić information content (AvgIpc) is 3.44. The van der Waals surface area contributed by atoms with Gasteiger partial charge in [0.1, 0.15) is 22.9 Å². The molecule has 0 spiro atoms. The van der Waals surface area contributed by atoms with Gasteiger partial charge in [-0.05, 0) is 69.2 Å². The Morgan fingerprint density at radius 3 is 2.58 bits per heavy atom. The molecule has 6 rings (SSSR count). The Labute approximate surface area is 257 Å². The van der Waals surface area contributed by atoms with Crippen molar-refractivity contribution in [1.82, 2.24) is 19.9 Å². The molecule has 2 N–H and O–H groups in total. The van der Waals surface area contributed by atoms with Crippen molar-refractivity contribution in [3.8, 4) is 0 Å². The number of anilines is 3. The summed E-state index contributed by atoms with van der Waals surface area (Å²) in [7, 11) is 0. The number of aromatic nitrogens is 3.